The lowest BCUT2D eigenvalue weighted by molar-refractivity contribution is -0.130. The van der Waals surface area contributed by atoms with Gasteiger partial charge in [-0.25, -0.2) is 9.67 Å². The average Bonchev–Trinajstić information content (AvgIpc) is 3.20. The first-order chi connectivity index (χ1) is 14.3. The van der Waals surface area contributed by atoms with Crippen LogP contribution < -0.4 is 10.6 Å². The third-order valence-corrected chi connectivity index (χ3v) is 5.04. The van der Waals surface area contributed by atoms with Gasteiger partial charge in [-0.3, -0.25) is 4.79 Å². The molecule has 8 heteroatoms. The van der Waals surface area contributed by atoms with Crippen molar-refractivity contribution in [3.63, 3.8) is 0 Å². The van der Waals surface area contributed by atoms with Crippen molar-refractivity contribution in [2.24, 2.45) is 4.99 Å². The lowest BCUT2D eigenvalue weighted by Crippen LogP contribution is -2.39. The first-order valence-corrected chi connectivity index (χ1v) is 10.6. The molecule has 7 nitrogen and oxygen atoms in total. The summed E-state index contributed by atoms with van der Waals surface area (Å²) in [6.45, 7) is 6.01. The Morgan fingerprint density at radius 2 is 2.00 bits per heavy atom. The highest BCUT2D eigenvalue weighted by atomic mass is 127. The summed E-state index contributed by atoms with van der Waals surface area (Å²) in [5, 5.41) is 10.9. The fourth-order valence-electron chi connectivity index (χ4n) is 3.44. The number of amides is 1. The number of aliphatic imine (C=N–C) groups is 1. The summed E-state index contributed by atoms with van der Waals surface area (Å²) in [4.78, 5) is 18.8. The minimum absolute atomic E-state index is 0. The summed E-state index contributed by atoms with van der Waals surface area (Å²) < 4.78 is 1.84. The molecule has 1 amide bonds. The van der Waals surface area contributed by atoms with Crippen LogP contribution in [0.4, 0.5) is 0 Å². The zero-order valence-electron chi connectivity index (χ0n) is 17.7. The second-order valence-corrected chi connectivity index (χ2v) is 7.28. The van der Waals surface area contributed by atoms with Crippen LogP contribution >= 0.6 is 24.0 Å². The number of aromatic nitrogens is 2. The Labute approximate surface area is 196 Å². The van der Waals surface area contributed by atoms with Crippen LogP contribution in [0.3, 0.4) is 0 Å². The van der Waals surface area contributed by atoms with E-state index in [1.807, 2.05) is 21.8 Å². The lowest BCUT2D eigenvalue weighted by atomic mass is 10.2. The highest BCUT2D eigenvalue weighted by Gasteiger charge is 2.15. The van der Waals surface area contributed by atoms with Crippen LogP contribution in [0.2, 0.25) is 0 Å². The molecule has 1 aromatic carbocycles. The molecule has 0 atom stereocenters. The van der Waals surface area contributed by atoms with E-state index in [4.69, 9.17) is 0 Å². The van der Waals surface area contributed by atoms with Gasteiger partial charge in [-0.05, 0) is 49.9 Å². The van der Waals surface area contributed by atoms with Gasteiger partial charge in [0.1, 0.15) is 0 Å². The summed E-state index contributed by atoms with van der Waals surface area (Å²) in [6, 6.07) is 10.2. The Hall–Kier alpha value is -2.10. The maximum Gasteiger partial charge on any atom is 0.222 e. The molecular formula is C22H33IN6O. The second kappa shape index (κ2) is 13.3. The van der Waals surface area contributed by atoms with Crippen molar-refractivity contribution in [1.29, 1.82) is 0 Å². The molecule has 1 aliphatic rings. The van der Waals surface area contributed by atoms with E-state index in [0.717, 1.165) is 62.7 Å². The van der Waals surface area contributed by atoms with E-state index in [0.29, 0.717) is 18.9 Å². The molecule has 1 aliphatic heterocycles. The molecule has 1 aromatic heterocycles. The van der Waals surface area contributed by atoms with Gasteiger partial charge < -0.3 is 15.5 Å². The molecule has 2 heterocycles. The quantitative estimate of drug-likeness (QED) is 0.241. The fourth-order valence-corrected chi connectivity index (χ4v) is 3.44. The Morgan fingerprint density at radius 1 is 1.17 bits per heavy atom. The van der Waals surface area contributed by atoms with Gasteiger partial charge in [0, 0.05) is 45.0 Å². The number of guanidine groups is 1. The van der Waals surface area contributed by atoms with Crippen molar-refractivity contribution < 1.29 is 4.79 Å². The number of hydrogen-bond donors (Lipinski definition) is 2. The van der Waals surface area contributed by atoms with Gasteiger partial charge in [0.2, 0.25) is 5.91 Å². The standard InChI is InChI=1S/C22H32N6O.HI/c1-2-23-22(24-13-6-16-27-15-5-3-4-8-21(27)29)25-18-19-9-11-20(12-10-19)28-17-7-14-26-28;/h7,9-12,14,17H,2-6,8,13,15-16,18H2,1H3,(H2,23,24,25);1H. The number of carbonyl (C=O) groups excluding carboxylic acids is 1. The minimum Gasteiger partial charge on any atom is -0.357 e. The van der Waals surface area contributed by atoms with Crippen LogP contribution in [0.1, 0.15) is 44.6 Å². The van der Waals surface area contributed by atoms with Gasteiger partial charge in [-0.15, -0.1) is 24.0 Å². The predicted molar refractivity (Wildman–Crippen MR) is 131 cm³/mol. The summed E-state index contributed by atoms with van der Waals surface area (Å²) in [5.41, 5.74) is 2.18. The van der Waals surface area contributed by atoms with Crippen molar-refractivity contribution in [2.45, 2.75) is 45.6 Å². The van der Waals surface area contributed by atoms with E-state index >= 15 is 0 Å². The van der Waals surface area contributed by atoms with E-state index in [1.54, 1.807) is 6.20 Å². The minimum atomic E-state index is 0. The molecular weight excluding hydrogens is 491 g/mol. The zero-order chi connectivity index (χ0) is 20.3. The molecule has 0 unspecified atom stereocenters. The smallest absolute Gasteiger partial charge is 0.222 e. The number of benzene rings is 1. The van der Waals surface area contributed by atoms with E-state index in [2.05, 4.69) is 51.9 Å². The summed E-state index contributed by atoms with van der Waals surface area (Å²) >= 11 is 0. The fraction of sp³-hybridized carbons (Fsp3) is 0.500. The molecule has 0 radical (unpaired) electrons. The maximum atomic E-state index is 12.1. The van der Waals surface area contributed by atoms with Crippen molar-refractivity contribution in [3.05, 3.63) is 48.3 Å². The largest absolute Gasteiger partial charge is 0.357 e. The third kappa shape index (κ3) is 7.62. The highest BCUT2D eigenvalue weighted by molar-refractivity contribution is 14.0. The number of nitrogens with one attached hydrogen (secondary N) is 2. The van der Waals surface area contributed by atoms with Crippen molar-refractivity contribution in [2.75, 3.05) is 26.2 Å². The van der Waals surface area contributed by atoms with Gasteiger partial charge in [0.15, 0.2) is 5.96 Å². The Kier molecular flexibility index (Phi) is 10.7. The highest BCUT2D eigenvalue weighted by Crippen LogP contribution is 2.11. The van der Waals surface area contributed by atoms with E-state index in [1.165, 1.54) is 6.42 Å². The lowest BCUT2D eigenvalue weighted by Gasteiger charge is -2.20. The van der Waals surface area contributed by atoms with Gasteiger partial charge >= 0.3 is 0 Å². The number of carbonyl (C=O) groups is 1. The molecule has 164 valence electrons. The van der Waals surface area contributed by atoms with E-state index in [9.17, 15) is 4.79 Å². The van der Waals surface area contributed by atoms with Crippen LogP contribution in [-0.4, -0.2) is 52.7 Å². The predicted octanol–water partition coefficient (Wildman–Crippen LogP) is 3.34. The average molecular weight is 524 g/mol. The molecule has 1 fully saturated rings. The number of hydrogen-bond acceptors (Lipinski definition) is 3. The number of nitrogens with zero attached hydrogens (tertiary/aromatic N) is 4. The molecule has 0 bridgehead atoms. The topological polar surface area (TPSA) is 74.6 Å². The van der Waals surface area contributed by atoms with Crippen LogP contribution in [0.25, 0.3) is 5.69 Å². The monoisotopic (exact) mass is 524 g/mol. The van der Waals surface area contributed by atoms with Crippen molar-refractivity contribution in [3.8, 4) is 5.69 Å². The second-order valence-electron chi connectivity index (χ2n) is 7.28. The summed E-state index contributed by atoms with van der Waals surface area (Å²) in [5.74, 6) is 1.12. The first-order valence-electron chi connectivity index (χ1n) is 10.6. The number of halogens is 1. The van der Waals surface area contributed by atoms with Crippen molar-refractivity contribution >= 4 is 35.8 Å². The van der Waals surface area contributed by atoms with E-state index < -0.39 is 0 Å². The maximum absolute atomic E-state index is 12.1. The molecule has 1 saturated heterocycles. The van der Waals surface area contributed by atoms with Gasteiger partial charge in [0.05, 0.1) is 12.2 Å². The third-order valence-electron chi connectivity index (χ3n) is 5.04. The van der Waals surface area contributed by atoms with Crippen LogP contribution in [0, 0.1) is 0 Å². The molecule has 30 heavy (non-hydrogen) atoms. The van der Waals surface area contributed by atoms with Crippen LogP contribution in [0.5, 0.6) is 0 Å². The van der Waals surface area contributed by atoms with Crippen LogP contribution in [-0.2, 0) is 11.3 Å². The van der Waals surface area contributed by atoms with Gasteiger partial charge in [-0.1, -0.05) is 18.6 Å². The molecule has 3 rings (SSSR count). The molecule has 0 saturated carbocycles. The summed E-state index contributed by atoms with van der Waals surface area (Å²) in [7, 11) is 0. The van der Waals surface area contributed by atoms with Crippen molar-refractivity contribution in [1.82, 2.24) is 25.3 Å². The number of rotatable bonds is 8. The summed E-state index contributed by atoms with van der Waals surface area (Å²) in [6.07, 6.45) is 8.66. The number of likely N-dealkylation sites (tertiary alicyclic amines) is 1. The first kappa shape index (κ1) is 24.2. The Bertz CT molecular complexity index is 775. The Morgan fingerprint density at radius 3 is 2.73 bits per heavy atom. The molecule has 2 N–H and O–H groups in total. The van der Waals surface area contributed by atoms with Gasteiger partial charge in [-0.2, -0.15) is 5.10 Å². The zero-order valence-corrected chi connectivity index (χ0v) is 20.0. The molecule has 0 spiro atoms. The SMILES string of the molecule is CCNC(=NCc1ccc(-n2cccn2)cc1)NCCCN1CCCCCC1=O.I. The van der Waals surface area contributed by atoms with Crippen LogP contribution in [0.15, 0.2) is 47.7 Å². The van der Waals surface area contributed by atoms with E-state index in [-0.39, 0.29) is 24.0 Å². The Balaban J connectivity index is 0.00000320. The molecule has 0 aliphatic carbocycles. The normalized spacial score (nSPS) is 14.8. The van der Waals surface area contributed by atoms with Gasteiger partial charge in [0.25, 0.3) is 0 Å². The molecule has 2 aromatic rings.